The molecule has 0 radical (unpaired) electrons. The maximum absolute atomic E-state index is 12.6. The zero-order valence-corrected chi connectivity index (χ0v) is 20.4. The summed E-state index contributed by atoms with van der Waals surface area (Å²) in [6.07, 6.45) is 11.2. The van der Waals surface area contributed by atoms with Gasteiger partial charge in [0.2, 0.25) is 0 Å². The van der Waals surface area contributed by atoms with E-state index in [-0.39, 0.29) is 0 Å². The second-order valence-corrected chi connectivity index (χ2v) is 11.6. The highest BCUT2D eigenvalue weighted by Gasteiger charge is 2.25. The van der Waals surface area contributed by atoms with Crippen LogP contribution in [0.5, 0.6) is 0 Å². The van der Waals surface area contributed by atoms with Crippen molar-refractivity contribution in [3.8, 4) is 0 Å². The van der Waals surface area contributed by atoms with Crippen molar-refractivity contribution >= 4 is 39.2 Å². The van der Waals surface area contributed by atoms with Gasteiger partial charge in [0.15, 0.2) is 0 Å². The molecule has 1 aliphatic heterocycles. The van der Waals surface area contributed by atoms with E-state index >= 15 is 0 Å². The molecular weight excluding hydrogens is 456 g/mol. The van der Waals surface area contributed by atoms with Crippen molar-refractivity contribution in [2.24, 2.45) is 0 Å². The van der Waals surface area contributed by atoms with Gasteiger partial charge in [-0.1, -0.05) is 12.5 Å². The maximum Gasteiger partial charge on any atom is 0.333 e. The number of hydrogen-bond donors (Lipinski definition) is 2. The number of thiazole rings is 1. The van der Waals surface area contributed by atoms with E-state index < -0.39 is 16.1 Å². The first kappa shape index (κ1) is 22.6. The number of piperidine rings is 1. The van der Waals surface area contributed by atoms with Gasteiger partial charge in [-0.3, -0.25) is 4.90 Å². The molecule has 0 spiro atoms. The molecule has 2 heterocycles. The predicted molar refractivity (Wildman–Crippen MR) is 132 cm³/mol. The highest BCUT2D eigenvalue weighted by atomic mass is 32.2. The minimum absolute atomic E-state index is 0.617. The van der Waals surface area contributed by atoms with Crippen LogP contribution in [-0.4, -0.2) is 37.4 Å². The molecule has 1 aromatic heterocycles. The van der Waals surface area contributed by atoms with E-state index in [1.165, 1.54) is 58.9 Å². The summed E-state index contributed by atoms with van der Waals surface area (Å²) in [5, 5.41) is 6.48. The molecule has 176 valence electrons. The van der Waals surface area contributed by atoms with Crippen molar-refractivity contribution < 1.29 is 13.2 Å². The summed E-state index contributed by atoms with van der Waals surface area (Å²) in [5.41, 5.74) is 6.70. The number of nitrogens with zero attached hydrogens (tertiary/aromatic N) is 2. The van der Waals surface area contributed by atoms with Gasteiger partial charge in [0, 0.05) is 17.6 Å². The fourth-order valence-electron chi connectivity index (χ4n) is 5.24. The van der Waals surface area contributed by atoms with Gasteiger partial charge >= 0.3 is 6.03 Å². The standard InChI is InChI=1S/C24H30N4O3S2/c29-24(26-23-20-8-4-6-17(20)14-18-7-5-9-21(18)23)27-33(30,31)13-10-22-25-19(16-32-22)15-28-11-2-1-3-12-28/h10,13-14,16H,1-9,11-12,15H2,(H2,26,27,29)/b13-10+. The molecule has 0 bridgehead atoms. The molecule has 2 aliphatic carbocycles. The first-order valence-electron chi connectivity index (χ1n) is 11.8. The van der Waals surface area contributed by atoms with Crippen molar-refractivity contribution in [2.75, 3.05) is 18.4 Å². The predicted octanol–water partition coefficient (Wildman–Crippen LogP) is 4.23. The summed E-state index contributed by atoms with van der Waals surface area (Å²) >= 11 is 1.41. The Morgan fingerprint density at radius 1 is 1.03 bits per heavy atom. The molecule has 7 nitrogen and oxygen atoms in total. The molecule has 1 saturated heterocycles. The van der Waals surface area contributed by atoms with Crippen LogP contribution in [0.15, 0.2) is 16.9 Å². The third-order valence-corrected chi connectivity index (χ3v) is 8.56. The Bertz CT molecular complexity index is 1150. The number of nitrogens with one attached hydrogen (secondary N) is 2. The first-order valence-corrected chi connectivity index (χ1v) is 14.2. The number of urea groups is 1. The van der Waals surface area contributed by atoms with Crippen LogP contribution in [0, 0.1) is 0 Å². The number of anilines is 1. The Labute approximate surface area is 199 Å². The van der Waals surface area contributed by atoms with E-state index in [0.29, 0.717) is 5.01 Å². The number of benzene rings is 1. The van der Waals surface area contributed by atoms with Crippen molar-refractivity contribution in [1.29, 1.82) is 0 Å². The fourth-order valence-corrected chi connectivity index (χ4v) is 6.71. The van der Waals surface area contributed by atoms with Crippen molar-refractivity contribution in [2.45, 2.75) is 64.3 Å². The normalized spacial score (nSPS) is 18.4. The molecule has 2 aromatic rings. The molecular formula is C24H30N4O3S2. The molecule has 33 heavy (non-hydrogen) atoms. The van der Waals surface area contributed by atoms with E-state index in [0.717, 1.165) is 74.9 Å². The van der Waals surface area contributed by atoms with Gasteiger partial charge in [-0.15, -0.1) is 11.3 Å². The second kappa shape index (κ2) is 9.56. The highest BCUT2D eigenvalue weighted by Crippen LogP contribution is 2.38. The number of sulfonamides is 1. The monoisotopic (exact) mass is 486 g/mol. The molecule has 1 fully saturated rings. The Balaban J connectivity index is 1.22. The summed E-state index contributed by atoms with van der Waals surface area (Å²) in [4.78, 5) is 19.5. The Kier molecular flexibility index (Phi) is 6.53. The van der Waals surface area contributed by atoms with Crippen molar-refractivity contribution in [3.63, 3.8) is 0 Å². The zero-order valence-electron chi connectivity index (χ0n) is 18.7. The van der Waals surface area contributed by atoms with E-state index in [1.807, 2.05) is 5.38 Å². The Morgan fingerprint density at radius 3 is 2.42 bits per heavy atom. The van der Waals surface area contributed by atoms with Crippen LogP contribution in [-0.2, 0) is 42.3 Å². The van der Waals surface area contributed by atoms with Crippen LogP contribution in [0.4, 0.5) is 10.5 Å². The summed E-state index contributed by atoms with van der Waals surface area (Å²) in [5.74, 6) is 0. The van der Waals surface area contributed by atoms with Crippen molar-refractivity contribution in [1.82, 2.24) is 14.6 Å². The van der Waals surface area contributed by atoms with E-state index in [1.54, 1.807) is 0 Å². The number of aromatic nitrogens is 1. The molecule has 0 unspecified atom stereocenters. The third-order valence-electron chi connectivity index (χ3n) is 6.74. The van der Waals surface area contributed by atoms with E-state index in [4.69, 9.17) is 0 Å². The number of amides is 2. The number of carbonyl (C=O) groups is 1. The van der Waals surface area contributed by atoms with Gasteiger partial charge in [-0.05, 0) is 92.8 Å². The molecule has 3 aliphatic rings. The largest absolute Gasteiger partial charge is 0.333 e. The quantitative estimate of drug-likeness (QED) is 0.638. The molecule has 1 aromatic carbocycles. The SMILES string of the molecule is O=C(Nc1c2c(cc3c1CCC3)CCC2)NS(=O)(=O)/C=C/c1nc(CN2CCCCC2)cs1. The Hall–Kier alpha value is -2.23. The second-order valence-electron chi connectivity index (χ2n) is 9.15. The Morgan fingerprint density at radius 2 is 1.73 bits per heavy atom. The highest BCUT2D eigenvalue weighted by molar-refractivity contribution is 7.93. The van der Waals surface area contributed by atoms with E-state index in [2.05, 4.69) is 26.0 Å². The molecule has 0 saturated carbocycles. The maximum atomic E-state index is 12.6. The van der Waals surface area contributed by atoms with Crippen LogP contribution < -0.4 is 10.0 Å². The number of hydrogen-bond acceptors (Lipinski definition) is 6. The lowest BCUT2D eigenvalue weighted by Crippen LogP contribution is -2.33. The number of rotatable bonds is 6. The smallest absolute Gasteiger partial charge is 0.307 e. The lowest BCUT2D eigenvalue weighted by Gasteiger charge is -2.25. The first-order chi connectivity index (χ1) is 16.0. The molecule has 5 rings (SSSR count). The molecule has 0 atom stereocenters. The van der Waals surface area contributed by atoms with Crippen LogP contribution in [0.1, 0.15) is 65.1 Å². The zero-order chi connectivity index (χ0) is 22.8. The van der Waals surface area contributed by atoms with Crippen LogP contribution in [0.25, 0.3) is 6.08 Å². The number of likely N-dealkylation sites (tertiary alicyclic amines) is 1. The summed E-state index contributed by atoms with van der Waals surface area (Å²) in [6, 6.07) is 1.57. The topological polar surface area (TPSA) is 91.4 Å². The minimum atomic E-state index is -3.93. The molecule has 9 heteroatoms. The van der Waals surface area contributed by atoms with E-state index in [9.17, 15) is 13.2 Å². The number of carbonyl (C=O) groups excluding carboxylic acids is 1. The summed E-state index contributed by atoms with van der Waals surface area (Å²) in [7, 11) is -3.93. The van der Waals surface area contributed by atoms with Gasteiger partial charge in [0.1, 0.15) is 5.01 Å². The van der Waals surface area contributed by atoms with Crippen LogP contribution in [0.3, 0.4) is 0 Å². The molecule has 2 amide bonds. The minimum Gasteiger partial charge on any atom is -0.307 e. The fraction of sp³-hybridized carbons (Fsp3) is 0.500. The van der Waals surface area contributed by atoms with Gasteiger partial charge in [0.25, 0.3) is 10.0 Å². The van der Waals surface area contributed by atoms with Gasteiger partial charge < -0.3 is 5.32 Å². The van der Waals surface area contributed by atoms with Gasteiger partial charge in [0.05, 0.1) is 11.1 Å². The lowest BCUT2D eigenvalue weighted by atomic mass is 9.99. The van der Waals surface area contributed by atoms with Gasteiger partial charge in [-0.25, -0.2) is 22.9 Å². The third kappa shape index (κ3) is 5.31. The summed E-state index contributed by atoms with van der Waals surface area (Å²) in [6.45, 7) is 2.97. The van der Waals surface area contributed by atoms with Crippen molar-refractivity contribution in [3.05, 3.63) is 49.8 Å². The van der Waals surface area contributed by atoms with Gasteiger partial charge in [-0.2, -0.15) is 0 Å². The number of aryl methyl sites for hydroxylation is 2. The average molecular weight is 487 g/mol. The average Bonchev–Trinajstić information content (AvgIpc) is 3.53. The molecule has 2 N–H and O–H groups in total. The van der Waals surface area contributed by atoms with Crippen LogP contribution >= 0.6 is 11.3 Å². The number of fused-ring (bicyclic) bond motifs is 2. The lowest BCUT2D eigenvalue weighted by molar-refractivity contribution is 0.219. The summed E-state index contributed by atoms with van der Waals surface area (Å²) < 4.78 is 27.1. The van der Waals surface area contributed by atoms with Crippen LogP contribution in [0.2, 0.25) is 0 Å².